The second-order valence-corrected chi connectivity index (χ2v) is 0.459. The topological polar surface area (TPSA) is 55.1 Å². The molecule has 0 atom stereocenters. The molecule has 0 heterocycles. The van der Waals surface area contributed by atoms with Gasteiger partial charge in [0.05, 0.1) is 0 Å². The molecule has 0 saturated heterocycles. The van der Waals surface area contributed by atoms with Gasteiger partial charge in [0.15, 0.2) is 0 Å². The highest BCUT2D eigenvalue weighted by Crippen LogP contribution is 1.46. The summed E-state index contributed by atoms with van der Waals surface area (Å²) in [5.74, 6) is 0. The van der Waals surface area contributed by atoms with Crippen LogP contribution in [0.15, 0.2) is 0 Å². The predicted molar refractivity (Wildman–Crippen MR) is 16.3 cm³/mol. The zero-order valence-corrected chi connectivity index (χ0v) is 2.77. The Labute approximate surface area is 32.6 Å². The van der Waals surface area contributed by atoms with Crippen molar-refractivity contribution in [2.45, 2.75) is 0 Å². The third-order valence-electron chi connectivity index (χ3n) is 0.0931. The van der Waals surface area contributed by atoms with E-state index in [4.69, 9.17) is 4.79 Å². The van der Waals surface area contributed by atoms with E-state index in [1.807, 2.05) is 0 Å². The minimum absolute atomic E-state index is 0. The zero-order chi connectivity index (χ0) is 4.28. The summed E-state index contributed by atoms with van der Waals surface area (Å²) >= 11 is 0. The number of nitrogens with one attached hydrogen (secondary N) is 1. The molecular formula is CH4F2N2O. The van der Waals surface area contributed by atoms with Crippen LogP contribution in [0.1, 0.15) is 0 Å². The van der Waals surface area contributed by atoms with E-state index < -0.39 is 6.03 Å². The van der Waals surface area contributed by atoms with Gasteiger partial charge in [-0.25, -0.2) is 4.79 Å². The summed E-state index contributed by atoms with van der Waals surface area (Å²) in [5, 5.41) is 0. The molecule has 0 aromatic carbocycles. The molecule has 38 valence electrons. The highest BCUT2D eigenvalue weighted by molar-refractivity contribution is 5.70. The molecule has 0 aliphatic carbocycles. The third-order valence-corrected chi connectivity index (χ3v) is 0.0931. The van der Waals surface area contributed by atoms with Gasteiger partial charge in [0, 0.05) is 0 Å². The van der Waals surface area contributed by atoms with Crippen molar-refractivity contribution in [2.75, 3.05) is 0 Å². The molecule has 0 spiro atoms. The number of hydrogen-bond donors (Lipinski definition) is 2. The van der Waals surface area contributed by atoms with Gasteiger partial charge in [0.1, 0.15) is 0 Å². The maximum atomic E-state index is 10.4. The maximum Gasteiger partial charge on any atom is 0.340 e. The van der Waals surface area contributed by atoms with Crippen LogP contribution in [-0.2, 0) is 0 Å². The molecule has 6 heavy (non-hydrogen) atoms. The summed E-state index contributed by atoms with van der Waals surface area (Å²) in [6.07, 6.45) is 0. The first-order valence-electron chi connectivity index (χ1n) is 0.932. The van der Waals surface area contributed by atoms with Gasteiger partial charge >= 0.3 is 6.03 Å². The first-order valence-corrected chi connectivity index (χ1v) is 0.932. The molecule has 3 nitrogen and oxygen atoms in total. The number of carbonyl (C=O) groups is 1. The van der Waals surface area contributed by atoms with Gasteiger partial charge in [-0.3, -0.25) is 4.70 Å². The Morgan fingerprint density at radius 3 is 2.00 bits per heavy atom. The minimum atomic E-state index is -1.16. The quantitative estimate of drug-likeness (QED) is 0.401. The van der Waals surface area contributed by atoms with Crippen molar-refractivity contribution in [3.63, 3.8) is 0 Å². The van der Waals surface area contributed by atoms with Crippen LogP contribution in [0.3, 0.4) is 0 Å². The Hall–Kier alpha value is -0.870. The monoisotopic (exact) mass is 98.0 g/mol. The number of hydrogen-bond acceptors (Lipinski definition) is 1. The highest BCUT2D eigenvalue weighted by Gasteiger charge is 1.77. The fourth-order valence-electron chi connectivity index (χ4n) is 0. The lowest BCUT2D eigenvalue weighted by Crippen LogP contribution is -2.20. The number of urea groups is 1. The third kappa shape index (κ3) is 11.1. The average Bonchev–Trinajstić information content (AvgIpc) is 1.38. The number of halogens is 2. The van der Waals surface area contributed by atoms with Gasteiger partial charge in [0.25, 0.3) is 0 Å². The number of carbonyl (C=O) groups excluding carboxylic acids is 1. The molecule has 0 radical (unpaired) electrons. The largest absolute Gasteiger partial charge is 0.350 e. The number of rotatable bonds is 0. The van der Waals surface area contributed by atoms with E-state index in [-0.39, 0.29) is 4.70 Å². The van der Waals surface area contributed by atoms with Crippen molar-refractivity contribution in [3.05, 3.63) is 0 Å². The van der Waals surface area contributed by atoms with Crippen LogP contribution < -0.4 is 11.3 Å². The Morgan fingerprint density at radius 1 is 1.83 bits per heavy atom. The molecule has 0 unspecified atom stereocenters. The SMILES string of the molecule is F.NC(=O)NF. The van der Waals surface area contributed by atoms with Crippen molar-refractivity contribution in [1.82, 2.24) is 5.54 Å². The van der Waals surface area contributed by atoms with Gasteiger partial charge in [0.2, 0.25) is 0 Å². The molecule has 3 N–H and O–H groups in total. The highest BCUT2D eigenvalue weighted by atomic mass is 19.2. The lowest BCUT2D eigenvalue weighted by molar-refractivity contribution is 0.226. The van der Waals surface area contributed by atoms with E-state index in [9.17, 15) is 4.48 Å². The van der Waals surface area contributed by atoms with Gasteiger partial charge in [-0.2, -0.15) is 5.54 Å². The molecule has 0 aromatic heterocycles. The fraction of sp³-hybridized carbons (Fsp3) is 0. The Balaban J connectivity index is 0. The second-order valence-electron chi connectivity index (χ2n) is 0.459. The molecule has 0 bridgehead atoms. The molecular weight excluding hydrogens is 94.0 g/mol. The van der Waals surface area contributed by atoms with Crippen molar-refractivity contribution in [2.24, 2.45) is 5.73 Å². The van der Waals surface area contributed by atoms with Gasteiger partial charge in [-0.05, 0) is 0 Å². The van der Waals surface area contributed by atoms with Gasteiger partial charge < -0.3 is 5.73 Å². The zero-order valence-electron chi connectivity index (χ0n) is 2.77. The van der Waals surface area contributed by atoms with Crippen molar-refractivity contribution in [1.29, 1.82) is 0 Å². The van der Waals surface area contributed by atoms with E-state index >= 15 is 0 Å². The molecule has 0 aromatic rings. The minimum Gasteiger partial charge on any atom is -0.350 e. The smallest absolute Gasteiger partial charge is 0.340 e. The Kier molecular flexibility index (Phi) is 6.15. The summed E-state index contributed by atoms with van der Waals surface area (Å²) in [7, 11) is 0. The van der Waals surface area contributed by atoms with Crippen LogP contribution in [0.25, 0.3) is 0 Å². The van der Waals surface area contributed by atoms with Crippen LogP contribution in [-0.4, -0.2) is 6.03 Å². The van der Waals surface area contributed by atoms with E-state index in [2.05, 4.69) is 5.73 Å². The molecule has 0 aliphatic heterocycles. The van der Waals surface area contributed by atoms with E-state index in [1.54, 1.807) is 0 Å². The summed E-state index contributed by atoms with van der Waals surface area (Å²) in [6.45, 7) is 0. The fourth-order valence-corrected chi connectivity index (χ4v) is 0. The molecule has 2 amide bonds. The predicted octanol–water partition coefficient (Wildman–Crippen LogP) is -0.308. The molecule has 5 heteroatoms. The first kappa shape index (κ1) is 8.93. The number of amides is 2. The van der Waals surface area contributed by atoms with E-state index in [1.165, 1.54) is 0 Å². The van der Waals surface area contributed by atoms with Crippen molar-refractivity contribution in [3.8, 4) is 0 Å². The average molecular weight is 98.1 g/mol. The summed E-state index contributed by atoms with van der Waals surface area (Å²) in [4.78, 5) is 9.10. The number of primary amides is 1. The van der Waals surface area contributed by atoms with Crippen molar-refractivity contribution < 1.29 is 14.0 Å². The van der Waals surface area contributed by atoms with Gasteiger partial charge in [-0.1, -0.05) is 4.48 Å². The van der Waals surface area contributed by atoms with Crippen LogP contribution >= 0.6 is 0 Å². The van der Waals surface area contributed by atoms with Crippen LogP contribution in [0.4, 0.5) is 14.0 Å². The van der Waals surface area contributed by atoms with E-state index in [0.717, 1.165) is 0 Å². The van der Waals surface area contributed by atoms with Crippen LogP contribution in [0.5, 0.6) is 0 Å². The summed E-state index contributed by atoms with van der Waals surface area (Å²) in [5.41, 5.74) is 4.83. The van der Waals surface area contributed by atoms with Gasteiger partial charge in [-0.15, -0.1) is 0 Å². The Morgan fingerprint density at radius 2 is 2.00 bits per heavy atom. The number of nitrogens with two attached hydrogens (primary N) is 1. The van der Waals surface area contributed by atoms with Crippen LogP contribution in [0, 0.1) is 0 Å². The van der Waals surface area contributed by atoms with Crippen LogP contribution in [0.2, 0.25) is 0 Å². The lowest BCUT2D eigenvalue weighted by Gasteiger charge is -1.74. The Bertz CT molecular complexity index is 46.8. The summed E-state index contributed by atoms with van der Waals surface area (Å²) in [6, 6.07) is -1.16. The standard InChI is InChI=1S/CH3FN2O.FH/c2-4-1(3)5;/h(H3,3,4,5);1H. The maximum absolute atomic E-state index is 10.4. The second kappa shape index (κ2) is 4.13. The normalized spacial score (nSPS) is 5.50. The molecule has 0 aliphatic rings. The lowest BCUT2D eigenvalue weighted by atomic mass is 11.2. The molecule has 0 saturated carbocycles. The first-order chi connectivity index (χ1) is 2.27. The van der Waals surface area contributed by atoms with Crippen molar-refractivity contribution >= 4 is 6.03 Å². The molecule has 0 fully saturated rings. The molecule has 0 rings (SSSR count). The summed E-state index contributed by atoms with van der Waals surface area (Å²) < 4.78 is 10.4. The van der Waals surface area contributed by atoms with E-state index in [0.29, 0.717) is 5.54 Å².